The first-order valence-electron chi connectivity index (χ1n) is 8.12. The molecule has 8 radical (unpaired) electrons. The van der Waals surface area contributed by atoms with E-state index in [4.69, 9.17) is 31.4 Å². The lowest BCUT2D eigenvalue weighted by molar-refractivity contribution is -0.167. The van der Waals surface area contributed by atoms with Gasteiger partial charge in [0.2, 0.25) is 23.4 Å². The Bertz CT molecular complexity index is 630. The van der Waals surface area contributed by atoms with Gasteiger partial charge in [0.05, 0.1) is 31.4 Å². The summed E-state index contributed by atoms with van der Waals surface area (Å²) in [4.78, 5) is 51.3. The minimum absolute atomic E-state index is 0.420. The maximum Gasteiger partial charge on any atom is 0.231 e. The molecule has 0 aromatic rings. The van der Waals surface area contributed by atoms with Crippen LogP contribution in [0, 0.1) is 35.5 Å². The van der Waals surface area contributed by atoms with E-state index in [1.165, 1.54) is 7.05 Å². The van der Waals surface area contributed by atoms with E-state index in [1.807, 2.05) is 0 Å². The van der Waals surface area contributed by atoms with Crippen molar-refractivity contribution in [1.82, 2.24) is 4.90 Å². The number of likely N-dealkylation sites (tertiary alicyclic amines) is 1. The van der Waals surface area contributed by atoms with Gasteiger partial charge in [0.1, 0.15) is 0 Å². The topological polar surface area (TPSA) is 71.5 Å². The Kier molecular flexibility index (Phi) is 3.30. The van der Waals surface area contributed by atoms with Gasteiger partial charge < -0.3 is 0 Å². The van der Waals surface area contributed by atoms with Gasteiger partial charge in [-0.05, 0) is 11.8 Å². The molecular weight excluding hydrogens is 301 g/mol. The predicted octanol–water partition coefficient (Wildman–Crippen LogP) is -1.31. The highest BCUT2D eigenvalue weighted by atomic mass is 16.2. The molecule has 9 heteroatoms. The average molecular weight is 315 g/mol. The van der Waals surface area contributed by atoms with Crippen molar-refractivity contribution in [2.24, 2.45) is 35.5 Å². The molecule has 0 spiro atoms. The van der Waals surface area contributed by atoms with Crippen molar-refractivity contribution < 1.29 is 19.2 Å². The first-order chi connectivity index (χ1) is 11.2. The Balaban J connectivity index is 1.93. The van der Waals surface area contributed by atoms with Crippen LogP contribution in [0.5, 0.6) is 0 Å². The summed E-state index contributed by atoms with van der Waals surface area (Å²) in [5.74, 6) is -9.39. The molecule has 4 aliphatic rings. The SMILES string of the molecule is [B]C1C([B])C2C(=O)N(C)C(=O)C3C([B])C([B])C4C(=O)C(=O)C1C4C23. The number of Topliss-reactive ketones (excluding diaryl/α,β-unsaturated/α-hetero) is 2. The van der Waals surface area contributed by atoms with E-state index in [1.54, 1.807) is 0 Å². The molecule has 0 aromatic carbocycles. The lowest BCUT2D eigenvalue weighted by Gasteiger charge is -2.59. The van der Waals surface area contributed by atoms with Crippen LogP contribution >= 0.6 is 0 Å². The molecule has 8 atom stereocenters. The van der Waals surface area contributed by atoms with E-state index in [0.717, 1.165) is 4.90 Å². The fraction of sp³-hybridized carbons (Fsp3) is 0.733. The highest BCUT2D eigenvalue weighted by Gasteiger charge is 2.69. The zero-order valence-corrected chi connectivity index (χ0v) is 13.2. The Morgan fingerprint density at radius 3 is 1.29 bits per heavy atom. The van der Waals surface area contributed by atoms with Crippen LogP contribution in [0.3, 0.4) is 0 Å². The maximum absolute atomic E-state index is 12.7. The van der Waals surface area contributed by atoms with E-state index in [9.17, 15) is 19.2 Å². The molecule has 3 aliphatic carbocycles. The lowest BCUT2D eigenvalue weighted by Crippen LogP contribution is -2.63. The number of nitrogens with zero attached hydrogens (tertiary/aromatic N) is 1. The smallest absolute Gasteiger partial charge is 0.231 e. The third kappa shape index (κ3) is 1.61. The summed E-state index contributed by atoms with van der Waals surface area (Å²) in [6, 6.07) is 0. The minimum atomic E-state index is -0.814. The van der Waals surface area contributed by atoms with Crippen molar-refractivity contribution in [2.75, 3.05) is 7.05 Å². The molecule has 114 valence electrons. The third-order valence-electron chi connectivity index (χ3n) is 6.73. The number of rotatable bonds is 0. The molecule has 4 fully saturated rings. The van der Waals surface area contributed by atoms with Crippen molar-refractivity contribution in [3.63, 3.8) is 0 Å². The van der Waals surface area contributed by atoms with Crippen LogP contribution in [-0.4, -0.2) is 66.7 Å². The summed E-state index contributed by atoms with van der Waals surface area (Å²) in [5, 5.41) is 0. The summed E-state index contributed by atoms with van der Waals surface area (Å²) in [6.45, 7) is 0. The summed E-state index contributed by atoms with van der Waals surface area (Å²) >= 11 is 0. The fourth-order valence-electron chi connectivity index (χ4n) is 5.63. The van der Waals surface area contributed by atoms with Crippen molar-refractivity contribution in [3.8, 4) is 0 Å². The minimum Gasteiger partial charge on any atom is -0.291 e. The molecular formula is C15H13B4NO4. The van der Waals surface area contributed by atoms with E-state index < -0.39 is 82.2 Å². The third-order valence-corrected chi connectivity index (χ3v) is 6.73. The first-order valence-corrected chi connectivity index (χ1v) is 8.12. The van der Waals surface area contributed by atoms with E-state index in [0.29, 0.717) is 0 Å². The Morgan fingerprint density at radius 2 is 0.917 bits per heavy atom. The summed E-state index contributed by atoms with van der Waals surface area (Å²) in [7, 11) is 26.1. The number of hydrogen-bond donors (Lipinski definition) is 0. The van der Waals surface area contributed by atoms with Gasteiger partial charge in [-0.1, -0.05) is 23.3 Å². The number of amides is 2. The lowest BCUT2D eigenvalue weighted by atomic mass is 9.37. The normalized spacial score (nSPS) is 53.3. The van der Waals surface area contributed by atoms with Crippen LogP contribution in [0.1, 0.15) is 0 Å². The number of ketones is 2. The number of carbonyl (C=O) groups is 4. The largest absolute Gasteiger partial charge is 0.291 e. The zero-order chi connectivity index (χ0) is 17.7. The summed E-state index contributed by atoms with van der Waals surface area (Å²) < 4.78 is 0. The molecule has 2 amide bonds. The average Bonchev–Trinajstić information content (AvgIpc) is 2.80. The molecule has 1 heterocycles. The molecule has 0 N–H and O–H groups in total. The molecule has 24 heavy (non-hydrogen) atoms. The van der Waals surface area contributed by atoms with Crippen LogP contribution in [0.25, 0.3) is 0 Å². The fourth-order valence-corrected chi connectivity index (χ4v) is 5.63. The van der Waals surface area contributed by atoms with Gasteiger partial charge in [0.15, 0.2) is 0 Å². The number of piperidine rings is 1. The van der Waals surface area contributed by atoms with Crippen molar-refractivity contribution in [2.45, 2.75) is 23.3 Å². The molecule has 8 unspecified atom stereocenters. The van der Waals surface area contributed by atoms with E-state index in [2.05, 4.69) is 0 Å². The van der Waals surface area contributed by atoms with Crippen molar-refractivity contribution >= 4 is 54.8 Å². The summed E-state index contributed by atoms with van der Waals surface area (Å²) in [5.41, 5.74) is 0. The molecule has 5 nitrogen and oxygen atoms in total. The molecule has 0 aromatic heterocycles. The quantitative estimate of drug-likeness (QED) is 0.316. The van der Waals surface area contributed by atoms with Gasteiger partial charge in [-0.2, -0.15) is 0 Å². The van der Waals surface area contributed by atoms with Gasteiger partial charge in [0.25, 0.3) is 0 Å². The maximum atomic E-state index is 12.7. The van der Waals surface area contributed by atoms with Crippen LogP contribution in [0.15, 0.2) is 0 Å². The second kappa shape index (κ2) is 4.89. The predicted molar refractivity (Wildman–Crippen MR) is 86.7 cm³/mol. The highest BCUT2D eigenvalue weighted by Crippen LogP contribution is 2.67. The number of hydrogen-bond acceptors (Lipinski definition) is 4. The Morgan fingerprint density at radius 1 is 0.625 bits per heavy atom. The van der Waals surface area contributed by atoms with Crippen LogP contribution in [0.2, 0.25) is 23.3 Å². The highest BCUT2D eigenvalue weighted by molar-refractivity contribution is 6.44. The zero-order valence-electron chi connectivity index (χ0n) is 13.2. The van der Waals surface area contributed by atoms with Gasteiger partial charge in [0, 0.05) is 30.7 Å². The van der Waals surface area contributed by atoms with E-state index in [-0.39, 0.29) is 0 Å². The second-order valence-corrected chi connectivity index (χ2v) is 7.53. The molecule has 1 aliphatic heterocycles. The van der Waals surface area contributed by atoms with Crippen LogP contribution in [-0.2, 0) is 19.2 Å². The molecule has 1 saturated heterocycles. The van der Waals surface area contributed by atoms with Crippen LogP contribution < -0.4 is 0 Å². The molecule has 0 bridgehead atoms. The van der Waals surface area contributed by atoms with E-state index >= 15 is 0 Å². The number of carbonyl (C=O) groups excluding carboxylic acids is 4. The van der Waals surface area contributed by atoms with Gasteiger partial charge in [-0.25, -0.2) is 0 Å². The molecule has 4 rings (SSSR count). The molecule has 3 saturated carbocycles. The van der Waals surface area contributed by atoms with Crippen LogP contribution in [0.4, 0.5) is 0 Å². The van der Waals surface area contributed by atoms with Crippen molar-refractivity contribution in [3.05, 3.63) is 0 Å². The number of imide groups is 1. The Labute approximate surface area is 145 Å². The second-order valence-electron chi connectivity index (χ2n) is 7.53. The van der Waals surface area contributed by atoms with Gasteiger partial charge >= 0.3 is 0 Å². The Hall–Kier alpha value is -1.26. The van der Waals surface area contributed by atoms with Crippen molar-refractivity contribution in [1.29, 1.82) is 0 Å². The van der Waals surface area contributed by atoms with Gasteiger partial charge in [-0.15, -0.1) is 0 Å². The monoisotopic (exact) mass is 315 g/mol. The standard InChI is InChI=1S/C15H13B4NO4/c1-20-14(23)6-3-2-4(8(16)10(6)18)12(21)13(22)5(2)9(17)11(19)7(3)15(20)24/h2-11H,1H3. The van der Waals surface area contributed by atoms with Gasteiger partial charge in [-0.3, -0.25) is 24.1 Å². The first kappa shape index (κ1) is 16.2. The summed E-state index contributed by atoms with van der Waals surface area (Å²) in [6.07, 6.45) is 0.